The second-order valence-electron chi connectivity index (χ2n) is 7.97. The predicted molar refractivity (Wildman–Crippen MR) is 108 cm³/mol. The number of fused-ring (bicyclic) bond motifs is 1. The first-order valence-electron chi connectivity index (χ1n) is 10.4. The minimum Gasteiger partial charge on any atom is -0.484 e. The predicted octanol–water partition coefficient (Wildman–Crippen LogP) is 2.42. The molecule has 7 heteroatoms. The van der Waals surface area contributed by atoms with Gasteiger partial charge in [0.15, 0.2) is 6.61 Å². The maximum Gasteiger partial charge on any atom is 0.260 e. The number of benzene rings is 1. The number of aromatic nitrogens is 2. The molecule has 0 unspecified atom stereocenters. The van der Waals surface area contributed by atoms with Gasteiger partial charge in [-0.15, -0.1) is 0 Å². The lowest BCUT2D eigenvalue weighted by molar-refractivity contribution is -0.134. The molecule has 0 saturated heterocycles. The maximum atomic E-state index is 12.5. The maximum absolute atomic E-state index is 12.5. The Morgan fingerprint density at radius 1 is 1.21 bits per heavy atom. The van der Waals surface area contributed by atoms with Gasteiger partial charge < -0.3 is 15.0 Å². The quantitative estimate of drug-likeness (QED) is 0.814. The lowest BCUT2D eigenvalue weighted by atomic mass is 10.1. The highest BCUT2D eigenvalue weighted by Crippen LogP contribution is 2.24. The Hall–Kier alpha value is -2.83. The third-order valence-electron chi connectivity index (χ3n) is 5.72. The summed E-state index contributed by atoms with van der Waals surface area (Å²) >= 11 is 0. The molecule has 1 aliphatic carbocycles. The van der Waals surface area contributed by atoms with Gasteiger partial charge >= 0.3 is 0 Å². The van der Waals surface area contributed by atoms with Crippen LogP contribution < -0.4 is 10.1 Å². The smallest absolute Gasteiger partial charge is 0.260 e. The normalized spacial score (nSPS) is 16.5. The van der Waals surface area contributed by atoms with Gasteiger partial charge in [-0.1, -0.05) is 25.0 Å². The molecule has 4 rings (SSSR count). The molecular weight excluding hydrogens is 368 g/mol. The van der Waals surface area contributed by atoms with Crippen molar-refractivity contribution in [2.75, 3.05) is 13.2 Å². The summed E-state index contributed by atoms with van der Waals surface area (Å²) in [6.07, 6.45) is 4.28. The fourth-order valence-electron chi connectivity index (χ4n) is 4.08. The van der Waals surface area contributed by atoms with Gasteiger partial charge in [0.2, 0.25) is 5.91 Å². The van der Waals surface area contributed by atoms with Crippen molar-refractivity contribution in [2.24, 2.45) is 5.92 Å². The molecule has 29 heavy (non-hydrogen) atoms. The van der Waals surface area contributed by atoms with Crippen molar-refractivity contribution >= 4 is 11.8 Å². The Labute approximate surface area is 171 Å². The monoisotopic (exact) mass is 396 g/mol. The summed E-state index contributed by atoms with van der Waals surface area (Å²) in [6.45, 7) is 4.25. The molecule has 2 amide bonds. The van der Waals surface area contributed by atoms with E-state index < -0.39 is 0 Å². The summed E-state index contributed by atoms with van der Waals surface area (Å²) in [7, 11) is 0. The number of carbonyl (C=O) groups is 2. The van der Waals surface area contributed by atoms with Crippen molar-refractivity contribution in [3.63, 3.8) is 0 Å². The fourth-order valence-corrected chi connectivity index (χ4v) is 4.08. The molecule has 0 spiro atoms. The number of carbonyl (C=O) groups excluding carboxylic acids is 2. The zero-order valence-corrected chi connectivity index (χ0v) is 16.9. The number of nitrogens with one attached hydrogen (secondary N) is 1. The molecule has 1 saturated carbocycles. The van der Waals surface area contributed by atoms with Crippen LogP contribution in [-0.4, -0.2) is 39.6 Å². The average molecular weight is 396 g/mol. The molecular formula is C22H28N4O3. The first-order valence-corrected chi connectivity index (χ1v) is 10.4. The zero-order valence-electron chi connectivity index (χ0n) is 16.9. The van der Waals surface area contributed by atoms with Crippen LogP contribution >= 0.6 is 0 Å². The van der Waals surface area contributed by atoms with Gasteiger partial charge in [-0.25, -0.2) is 0 Å². The highest BCUT2D eigenvalue weighted by atomic mass is 16.5. The summed E-state index contributed by atoms with van der Waals surface area (Å²) in [5.74, 6) is 0.975. The van der Waals surface area contributed by atoms with Crippen molar-refractivity contribution < 1.29 is 14.3 Å². The molecule has 1 fully saturated rings. The van der Waals surface area contributed by atoms with Gasteiger partial charge in [-0.3, -0.25) is 14.3 Å². The van der Waals surface area contributed by atoms with E-state index in [2.05, 4.69) is 10.4 Å². The lowest BCUT2D eigenvalue weighted by Crippen LogP contribution is -2.40. The largest absolute Gasteiger partial charge is 0.484 e. The van der Waals surface area contributed by atoms with E-state index in [1.54, 1.807) is 4.90 Å². The van der Waals surface area contributed by atoms with Crippen LogP contribution in [-0.2, 0) is 29.2 Å². The standard InChI is InChI=1S/C22H28N4O3/c1-16-5-4-8-20(11-16)29-15-21(27)25-9-10-26-19(14-25)12-18(24-26)13-23-22(28)17-6-2-3-7-17/h4-5,8,11-12,17H,2-3,6-7,9-10,13-15H2,1H3,(H,23,28). The number of nitrogens with zero attached hydrogens (tertiary/aromatic N) is 3. The van der Waals surface area contributed by atoms with Crippen LogP contribution in [0, 0.1) is 12.8 Å². The lowest BCUT2D eigenvalue weighted by Gasteiger charge is -2.27. The molecule has 7 nitrogen and oxygen atoms in total. The highest BCUT2D eigenvalue weighted by molar-refractivity contribution is 5.79. The van der Waals surface area contributed by atoms with Gasteiger partial charge in [-0.05, 0) is 43.5 Å². The average Bonchev–Trinajstić information content (AvgIpc) is 3.39. The minimum absolute atomic E-state index is 0.0297. The fraction of sp³-hybridized carbons (Fsp3) is 0.500. The molecule has 1 aromatic carbocycles. The Morgan fingerprint density at radius 2 is 2.03 bits per heavy atom. The Morgan fingerprint density at radius 3 is 2.83 bits per heavy atom. The SMILES string of the molecule is Cc1cccc(OCC(=O)N2CCn3nc(CNC(=O)C4CCCC4)cc3C2)c1. The molecule has 0 atom stereocenters. The molecule has 0 radical (unpaired) electrons. The van der Waals surface area contributed by atoms with Gasteiger partial charge in [0.05, 0.1) is 31.0 Å². The molecule has 2 aromatic rings. The van der Waals surface area contributed by atoms with Crippen molar-refractivity contribution in [2.45, 2.75) is 52.2 Å². The number of hydrogen-bond donors (Lipinski definition) is 1. The van der Waals surface area contributed by atoms with Crippen molar-refractivity contribution in [3.8, 4) is 5.75 Å². The molecule has 2 heterocycles. The minimum atomic E-state index is -0.0324. The summed E-state index contributed by atoms with van der Waals surface area (Å²) in [6, 6.07) is 9.67. The number of ether oxygens (including phenoxy) is 1. The van der Waals surface area contributed by atoms with Gasteiger partial charge in [0.25, 0.3) is 5.91 Å². The van der Waals surface area contributed by atoms with Crippen LogP contribution in [0.25, 0.3) is 0 Å². The van der Waals surface area contributed by atoms with Crippen LogP contribution in [0.1, 0.15) is 42.6 Å². The van der Waals surface area contributed by atoms with E-state index in [0.717, 1.165) is 42.6 Å². The van der Waals surface area contributed by atoms with Crippen LogP contribution in [0.5, 0.6) is 5.75 Å². The second-order valence-corrected chi connectivity index (χ2v) is 7.97. The summed E-state index contributed by atoms with van der Waals surface area (Å²) < 4.78 is 7.58. The molecule has 1 aliphatic heterocycles. The first kappa shape index (κ1) is 19.5. The van der Waals surface area contributed by atoms with E-state index >= 15 is 0 Å². The first-order chi connectivity index (χ1) is 14.1. The third-order valence-corrected chi connectivity index (χ3v) is 5.72. The number of amides is 2. The van der Waals surface area contributed by atoms with Gasteiger partial charge in [0.1, 0.15) is 5.75 Å². The van der Waals surface area contributed by atoms with Crippen molar-refractivity contribution in [1.82, 2.24) is 20.0 Å². The van der Waals surface area contributed by atoms with Crippen molar-refractivity contribution in [3.05, 3.63) is 47.3 Å². The second kappa shape index (κ2) is 8.68. The zero-order chi connectivity index (χ0) is 20.2. The van der Waals surface area contributed by atoms with Gasteiger partial charge in [-0.2, -0.15) is 5.10 Å². The van der Waals surface area contributed by atoms with Crippen molar-refractivity contribution in [1.29, 1.82) is 0 Å². The molecule has 1 aromatic heterocycles. The number of rotatable bonds is 6. The Balaban J connectivity index is 1.29. The molecule has 0 bridgehead atoms. The molecule has 1 N–H and O–H groups in total. The van der Waals surface area contributed by atoms with E-state index in [0.29, 0.717) is 31.9 Å². The van der Waals surface area contributed by atoms with E-state index in [1.807, 2.05) is 41.9 Å². The highest BCUT2D eigenvalue weighted by Gasteiger charge is 2.24. The topological polar surface area (TPSA) is 76.5 Å². The Kier molecular flexibility index (Phi) is 5.83. The Bertz CT molecular complexity index is 886. The van der Waals surface area contributed by atoms with E-state index in [-0.39, 0.29) is 24.3 Å². The molecule has 2 aliphatic rings. The van der Waals surface area contributed by atoms with E-state index in [9.17, 15) is 9.59 Å². The number of hydrogen-bond acceptors (Lipinski definition) is 4. The van der Waals surface area contributed by atoms with E-state index in [1.165, 1.54) is 0 Å². The van der Waals surface area contributed by atoms with Crippen LogP contribution in [0.4, 0.5) is 0 Å². The van der Waals surface area contributed by atoms with Crippen LogP contribution in [0.3, 0.4) is 0 Å². The van der Waals surface area contributed by atoms with E-state index in [4.69, 9.17) is 4.74 Å². The van der Waals surface area contributed by atoms with Crippen LogP contribution in [0.15, 0.2) is 30.3 Å². The molecule has 154 valence electrons. The third kappa shape index (κ3) is 4.78. The number of aryl methyl sites for hydroxylation is 1. The summed E-state index contributed by atoms with van der Waals surface area (Å²) in [5.41, 5.74) is 2.94. The van der Waals surface area contributed by atoms with Crippen LogP contribution in [0.2, 0.25) is 0 Å². The summed E-state index contributed by atoms with van der Waals surface area (Å²) in [5, 5.41) is 7.59. The van der Waals surface area contributed by atoms with Gasteiger partial charge in [0, 0.05) is 12.5 Å². The summed E-state index contributed by atoms with van der Waals surface area (Å²) in [4.78, 5) is 26.5.